The molecule has 7 nitrogen and oxygen atoms in total. The molecule has 9 heteroatoms. The van der Waals surface area contributed by atoms with Crippen molar-refractivity contribution in [1.29, 1.82) is 0 Å². The van der Waals surface area contributed by atoms with Gasteiger partial charge in [-0.3, -0.25) is 9.79 Å². The zero-order chi connectivity index (χ0) is 33.1. The van der Waals surface area contributed by atoms with Crippen molar-refractivity contribution < 1.29 is 13.6 Å². The minimum atomic E-state index is -0.390. The maximum absolute atomic E-state index is 13.9. The molecule has 0 amide bonds. The summed E-state index contributed by atoms with van der Waals surface area (Å²) in [6.07, 6.45) is 4.56. The van der Waals surface area contributed by atoms with Gasteiger partial charge in [-0.05, 0) is 76.6 Å². The van der Waals surface area contributed by atoms with Crippen molar-refractivity contribution >= 4 is 23.9 Å². The van der Waals surface area contributed by atoms with Crippen LogP contribution in [0.25, 0.3) is 0 Å². The summed E-state index contributed by atoms with van der Waals surface area (Å²) in [4.78, 5) is 19.1. The van der Waals surface area contributed by atoms with Gasteiger partial charge in [0.05, 0.1) is 11.4 Å². The molecule has 0 aromatic heterocycles. The summed E-state index contributed by atoms with van der Waals surface area (Å²) < 4.78 is 27.3. The van der Waals surface area contributed by atoms with E-state index in [1.807, 2.05) is 39.2 Å². The Kier molecular flexibility index (Phi) is 19.5. The summed E-state index contributed by atoms with van der Waals surface area (Å²) in [6, 6.07) is 9.54. The minimum absolute atomic E-state index is 0.228. The van der Waals surface area contributed by atoms with E-state index in [0.717, 1.165) is 44.6 Å². The van der Waals surface area contributed by atoms with Gasteiger partial charge >= 0.3 is 0 Å². The Morgan fingerprint density at radius 1 is 0.767 bits per heavy atom. The average molecular weight is 605 g/mol. The zero-order valence-electron chi connectivity index (χ0n) is 28.4. The lowest BCUT2D eigenvalue weighted by Gasteiger charge is -2.16. The largest absolute Gasteiger partial charge is 0.381 e. The van der Waals surface area contributed by atoms with Crippen LogP contribution in [0.3, 0.4) is 0 Å². The number of carbonyl (C=O) groups is 1. The molecule has 0 aliphatic carbocycles. The molecule has 2 aromatic carbocycles. The van der Waals surface area contributed by atoms with Crippen LogP contribution in [0.4, 0.5) is 20.2 Å². The van der Waals surface area contributed by atoms with Gasteiger partial charge in [-0.1, -0.05) is 59.7 Å². The van der Waals surface area contributed by atoms with Crippen molar-refractivity contribution in [1.82, 2.24) is 9.80 Å². The van der Waals surface area contributed by atoms with Crippen molar-refractivity contribution in [2.45, 2.75) is 54.4 Å². The van der Waals surface area contributed by atoms with Crippen LogP contribution in [0.5, 0.6) is 0 Å². The molecule has 0 atom stereocenters. The van der Waals surface area contributed by atoms with E-state index >= 15 is 0 Å². The fraction of sp³-hybridized carbons (Fsp3) is 0.588. The maximum atomic E-state index is 13.9. The highest BCUT2D eigenvalue weighted by Crippen LogP contribution is 2.20. The van der Waals surface area contributed by atoms with Crippen LogP contribution in [0.1, 0.15) is 70.3 Å². The minimum Gasteiger partial charge on any atom is -0.381 e. The van der Waals surface area contributed by atoms with E-state index < -0.39 is 5.82 Å². The number of benzene rings is 2. The third-order valence-corrected chi connectivity index (χ3v) is 6.06. The summed E-state index contributed by atoms with van der Waals surface area (Å²) in [5.41, 5.74) is 8.00. The molecule has 0 saturated carbocycles. The standard InChI is InChI=1S/C17H28FN3.C11H15FN2O.C6H15N/c1-17(2,3)9-10-19-13-14-7-6-8-15(18)16(14)20-11-12-21(4)5;1-14(2)7-6-13-11-9(8-15)4-3-5-10(11)12;1-6(2,3)4-5-7/h6-8,13,20H,9-12H2,1-5H3;3-5,8,13H,6-7H2,1-2H3;4-5,7H2,1-3H3. The molecule has 2 aromatic rings. The van der Waals surface area contributed by atoms with Crippen LogP contribution in [-0.2, 0) is 0 Å². The third kappa shape index (κ3) is 20.6. The first-order valence-corrected chi connectivity index (χ1v) is 15.0. The number of aldehydes is 1. The number of aliphatic imine (C=N–C) groups is 1. The summed E-state index contributed by atoms with van der Waals surface area (Å²) in [5.74, 6) is -0.619. The Labute approximate surface area is 260 Å². The number of likely N-dealkylation sites (N-methyl/N-ethyl adjacent to an activating group) is 2. The predicted molar refractivity (Wildman–Crippen MR) is 182 cm³/mol. The fourth-order valence-electron chi connectivity index (χ4n) is 3.47. The normalized spacial score (nSPS) is 11.6. The lowest BCUT2D eigenvalue weighted by atomic mass is 9.92. The van der Waals surface area contributed by atoms with Crippen molar-refractivity contribution in [3.8, 4) is 0 Å². The number of halogens is 2. The van der Waals surface area contributed by atoms with E-state index in [1.165, 1.54) is 18.2 Å². The summed E-state index contributed by atoms with van der Waals surface area (Å²) in [6.45, 7) is 17.7. The second kappa shape index (κ2) is 20.9. The van der Waals surface area contributed by atoms with Gasteiger partial charge in [0, 0.05) is 50.1 Å². The molecule has 0 saturated heterocycles. The monoisotopic (exact) mass is 604 g/mol. The Bertz CT molecular complexity index is 1080. The molecule has 0 aliphatic rings. The van der Waals surface area contributed by atoms with E-state index in [1.54, 1.807) is 18.3 Å². The number of para-hydroxylation sites is 2. The van der Waals surface area contributed by atoms with Crippen LogP contribution in [-0.4, -0.2) is 89.8 Å². The van der Waals surface area contributed by atoms with E-state index in [0.29, 0.717) is 36.0 Å². The van der Waals surface area contributed by atoms with Crippen LogP contribution < -0.4 is 16.4 Å². The topological polar surface area (TPSA) is 86.0 Å². The highest BCUT2D eigenvalue weighted by atomic mass is 19.1. The molecule has 0 radical (unpaired) electrons. The van der Waals surface area contributed by atoms with Gasteiger partial charge < -0.3 is 26.2 Å². The van der Waals surface area contributed by atoms with Gasteiger partial charge in [0.2, 0.25) is 0 Å². The maximum Gasteiger partial charge on any atom is 0.152 e. The first-order chi connectivity index (χ1) is 20.0. The van der Waals surface area contributed by atoms with Gasteiger partial charge in [-0.15, -0.1) is 0 Å². The van der Waals surface area contributed by atoms with Crippen LogP contribution in [0, 0.1) is 22.5 Å². The molecule has 244 valence electrons. The van der Waals surface area contributed by atoms with Crippen LogP contribution >= 0.6 is 0 Å². The molecule has 0 fully saturated rings. The van der Waals surface area contributed by atoms with Crippen molar-refractivity contribution in [3.05, 3.63) is 59.2 Å². The van der Waals surface area contributed by atoms with Gasteiger partial charge in [0.1, 0.15) is 11.6 Å². The van der Waals surface area contributed by atoms with Gasteiger partial charge in [-0.2, -0.15) is 0 Å². The Morgan fingerprint density at radius 3 is 1.58 bits per heavy atom. The number of rotatable bonds is 13. The molecule has 0 heterocycles. The number of anilines is 2. The first kappa shape index (κ1) is 40.1. The Morgan fingerprint density at radius 2 is 1.21 bits per heavy atom. The Balaban J connectivity index is 0.000000696. The molecular weight excluding hydrogens is 546 g/mol. The Hall–Kier alpha value is -2.88. The van der Waals surface area contributed by atoms with E-state index in [2.05, 4.69) is 62.1 Å². The number of nitrogens with one attached hydrogen (secondary N) is 2. The van der Waals surface area contributed by atoms with Gasteiger partial charge in [0.25, 0.3) is 0 Å². The van der Waals surface area contributed by atoms with Crippen molar-refractivity contribution in [2.24, 2.45) is 21.6 Å². The van der Waals surface area contributed by atoms with Crippen LogP contribution in [0.2, 0.25) is 0 Å². The smallest absolute Gasteiger partial charge is 0.152 e. The molecule has 0 bridgehead atoms. The van der Waals surface area contributed by atoms with Gasteiger partial charge in [-0.25, -0.2) is 8.78 Å². The number of carbonyl (C=O) groups excluding carboxylic acids is 1. The second-order valence-corrected chi connectivity index (χ2v) is 13.4. The van der Waals surface area contributed by atoms with E-state index in [-0.39, 0.29) is 16.9 Å². The van der Waals surface area contributed by atoms with E-state index in [9.17, 15) is 13.6 Å². The summed E-state index contributed by atoms with van der Waals surface area (Å²) >= 11 is 0. The number of nitrogens with two attached hydrogens (primary N) is 1. The third-order valence-electron chi connectivity index (χ3n) is 6.06. The average Bonchev–Trinajstić information content (AvgIpc) is 2.88. The number of hydrogen-bond donors (Lipinski definition) is 3. The summed E-state index contributed by atoms with van der Waals surface area (Å²) in [5, 5.41) is 6.08. The van der Waals surface area contributed by atoms with Crippen molar-refractivity contribution in [2.75, 3.05) is 78.1 Å². The first-order valence-electron chi connectivity index (χ1n) is 15.0. The van der Waals surface area contributed by atoms with Gasteiger partial charge in [0.15, 0.2) is 6.29 Å². The molecule has 2 rings (SSSR count). The van der Waals surface area contributed by atoms with Crippen molar-refractivity contribution in [3.63, 3.8) is 0 Å². The molecule has 0 aliphatic heterocycles. The van der Waals surface area contributed by atoms with Crippen LogP contribution in [0.15, 0.2) is 41.4 Å². The van der Waals surface area contributed by atoms with E-state index in [4.69, 9.17) is 5.73 Å². The quantitative estimate of drug-likeness (QED) is 0.175. The molecule has 0 spiro atoms. The lowest BCUT2D eigenvalue weighted by molar-refractivity contribution is 0.112. The molecule has 0 unspecified atom stereocenters. The zero-order valence-corrected chi connectivity index (χ0v) is 28.4. The molecule has 43 heavy (non-hydrogen) atoms. The second-order valence-electron chi connectivity index (χ2n) is 13.4. The predicted octanol–water partition coefficient (Wildman–Crippen LogP) is 6.65. The number of hydrogen-bond acceptors (Lipinski definition) is 7. The molecule has 4 N–H and O–H groups in total. The number of nitrogens with zero attached hydrogens (tertiary/aromatic N) is 3. The lowest BCUT2D eigenvalue weighted by Crippen LogP contribution is -2.21. The SMILES string of the molecule is CC(C)(C)CCN.CN(C)CCNc1c(F)cccc1C=NCCC(C)(C)C.CN(C)CCNc1c(F)cccc1C=O. The summed E-state index contributed by atoms with van der Waals surface area (Å²) in [7, 11) is 7.86. The fourth-order valence-corrected chi connectivity index (χ4v) is 3.47. The molecular formula is C34H58F2N6O. The highest BCUT2D eigenvalue weighted by molar-refractivity contribution is 5.88. The highest BCUT2D eigenvalue weighted by Gasteiger charge is 2.10.